The summed E-state index contributed by atoms with van der Waals surface area (Å²) in [6, 6.07) is 10.2. The van der Waals surface area contributed by atoms with Crippen LogP contribution in [0.15, 0.2) is 35.7 Å². The van der Waals surface area contributed by atoms with Crippen LogP contribution in [0.4, 0.5) is 0 Å². The molecule has 1 aliphatic rings. The van der Waals surface area contributed by atoms with E-state index in [4.69, 9.17) is 0 Å². The monoisotopic (exact) mass is 359 g/mol. The Morgan fingerprint density at radius 1 is 1.28 bits per heavy atom. The smallest absolute Gasteiger partial charge is 0.273 e. The Kier molecular flexibility index (Phi) is 6.18. The van der Waals surface area contributed by atoms with Crippen molar-refractivity contribution < 1.29 is 9.90 Å². The third-order valence-electron chi connectivity index (χ3n) is 4.36. The molecular formula is C19H25N3O2S. The highest BCUT2D eigenvalue weighted by Gasteiger charge is 2.26. The molecule has 1 aromatic carbocycles. The molecule has 0 bridgehead atoms. The van der Waals surface area contributed by atoms with Crippen LogP contribution < -0.4 is 0 Å². The minimum atomic E-state index is -0.538. The number of hydrogen-bond donors (Lipinski definition) is 1. The van der Waals surface area contributed by atoms with Crippen LogP contribution in [0, 0.1) is 0 Å². The zero-order valence-corrected chi connectivity index (χ0v) is 15.4. The van der Waals surface area contributed by atoms with Gasteiger partial charge in [0.1, 0.15) is 5.69 Å². The van der Waals surface area contributed by atoms with Gasteiger partial charge in [0, 0.05) is 38.1 Å². The van der Waals surface area contributed by atoms with Crippen LogP contribution in [0.25, 0.3) is 0 Å². The summed E-state index contributed by atoms with van der Waals surface area (Å²) in [5.41, 5.74) is 1.73. The van der Waals surface area contributed by atoms with E-state index < -0.39 is 6.10 Å². The molecule has 1 aliphatic heterocycles. The summed E-state index contributed by atoms with van der Waals surface area (Å²) in [5.74, 6) is -0.0702. The van der Waals surface area contributed by atoms with Crippen molar-refractivity contribution >= 4 is 17.2 Å². The molecule has 0 aliphatic carbocycles. The van der Waals surface area contributed by atoms with E-state index in [1.165, 1.54) is 5.56 Å². The fraction of sp³-hybridized carbons (Fsp3) is 0.474. The number of aliphatic hydroxyl groups is 1. The highest BCUT2D eigenvalue weighted by molar-refractivity contribution is 7.09. The molecule has 134 valence electrons. The van der Waals surface area contributed by atoms with Crippen molar-refractivity contribution in [3.05, 3.63) is 52.0 Å². The number of aliphatic hydroxyl groups excluding tert-OH is 1. The van der Waals surface area contributed by atoms with E-state index >= 15 is 0 Å². The summed E-state index contributed by atoms with van der Waals surface area (Å²) in [5, 5.41) is 13.2. The number of aromatic nitrogens is 1. The molecule has 1 atom stereocenters. The van der Waals surface area contributed by atoms with Crippen molar-refractivity contribution in [2.24, 2.45) is 0 Å². The maximum absolute atomic E-state index is 12.7. The molecule has 1 unspecified atom stereocenters. The summed E-state index contributed by atoms with van der Waals surface area (Å²) in [6.45, 7) is 5.21. The number of amides is 1. The first-order valence-corrected chi connectivity index (χ1v) is 9.71. The standard InChI is InChI=1S/C19H25N3O2S/c1-2-6-18-20-17(14-25-18)19(24)22-10-9-21(12-16(23)13-22)11-15-7-4-3-5-8-15/h3-5,7-8,14,16,23H,2,6,9-13H2,1H3. The average Bonchev–Trinajstić information content (AvgIpc) is 2.99. The first-order valence-electron chi connectivity index (χ1n) is 8.83. The molecule has 1 N–H and O–H groups in total. The molecule has 5 nitrogen and oxygen atoms in total. The fourth-order valence-electron chi connectivity index (χ4n) is 3.12. The molecule has 3 rings (SSSR count). The van der Waals surface area contributed by atoms with Crippen molar-refractivity contribution in [2.45, 2.75) is 32.4 Å². The van der Waals surface area contributed by atoms with Gasteiger partial charge in [0.2, 0.25) is 0 Å². The first-order chi connectivity index (χ1) is 12.2. The van der Waals surface area contributed by atoms with E-state index in [-0.39, 0.29) is 5.91 Å². The number of carbonyl (C=O) groups excluding carboxylic acids is 1. The van der Waals surface area contributed by atoms with Gasteiger partial charge in [-0.3, -0.25) is 9.69 Å². The van der Waals surface area contributed by atoms with Crippen LogP contribution in [0.3, 0.4) is 0 Å². The van der Waals surface area contributed by atoms with Gasteiger partial charge in [-0.15, -0.1) is 11.3 Å². The Morgan fingerprint density at radius 3 is 2.84 bits per heavy atom. The van der Waals surface area contributed by atoms with Crippen LogP contribution in [0.1, 0.15) is 34.4 Å². The Morgan fingerprint density at radius 2 is 2.08 bits per heavy atom. The predicted octanol–water partition coefficient (Wildman–Crippen LogP) is 2.41. The molecule has 0 saturated carbocycles. The number of thiazole rings is 1. The van der Waals surface area contributed by atoms with E-state index in [0.717, 1.165) is 30.9 Å². The Labute approximate surface area is 152 Å². The number of β-amino-alcohol motifs (C(OH)–C–C–N with tert-alkyl or cyclic N) is 1. The molecule has 0 radical (unpaired) electrons. The molecule has 1 amide bonds. The highest BCUT2D eigenvalue weighted by Crippen LogP contribution is 2.16. The third-order valence-corrected chi connectivity index (χ3v) is 5.27. The number of benzene rings is 1. The van der Waals surface area contributed by atoms with Crippen molar-refractivity contribution in [1.29, 1.82) is 0 Å². The van der Waals surface area contributed by atoms with Crippen molar-refractivity contribution in [2.75, 3.05) is 26.2 Å². The summed E-state index contributed by atoms with van der Waals surface area (Å²) in [4.78, 5) is 21.1. The number of hydrogen-bond acceptors (Lipinski definition) is 5. The topological polar surface area (TPSA) is 56.7 Å². The minimum absolute atomic E-state index is 0.0702. The van der Waals surface area contributed by atoms with Gasteiger partial charge in [-0.25, -0.2) is 4.98 Å². The third kappa shape index (κ3) is 4.87. The zero-order valence-electron chi connectivity index (χ0n) is 14.6. The number of nitrogens with zero attached hydrogens (tertiary/aromatic N) is 3. The molecule has 6 heteroatoms. The van der Waals surface area contributed by atoms with Crippen molar-refractivity contribution in [1.82, 2.24) is 14.8 Å². The van der Waals surface area contributed by atoms with Gasteiger partial charge in [0.25, 0.3) is 5.91 Å². The lowest BCUT2D eigenvalue weighted by Gasteiger charge is -2.21. The summed E-state index contributed by atoms with van der Waals surface area (Å²) in [7, 11) is 0. The molecule has 25 heavy (non-hydrogen) atoms. The van der Waals surface area contributed by atoms with Crippen LogP contribution in [-0.4, -0.2) is 58.1 Å². The van der Waals surface area contributed by atoms with E-state index in [1.807, 2.05) is 23.6 Å². The van der Waals surface area contributed by atoms with Gasteiger partial charge < -0.3 is 10.0 Å². The maximum atomic E-state index is 12.7. The van der Waals surface area contributed by atoms with Gasteiger partial charge in [0.15, 0.2) is 0 Å². The quantitative estimate of drug-likeness (QED) is 0.891. The minimum Gasteiger partial charge on any atom is -0.390 e. The normalized spacial score (nSPS) is 19.0. The van der Waals surface area contributed by atoms with Crippen LogP contribution in [0.2, 0.25) is 0 Å². The lowest BCUT2D eigenvalue weighted by atomic mass is 10.2. The van der Waals surface area contributed by atoms with Crippen LogP contribution in [0.5, 0.6) is 0 Å². The van der Waals surface area contributed by atoms with Gasteiger partial charge in [-0.2, -0.15) is 0 Å². The molecule has 1 aromatic heterocycles. The number of rotatable bonds is 5. The highest BCUT2D eigenvalue weighted by atomic mass is 32.1. The van der Waals surface area contributed by atoms with Gasteiger partial charge in [0.05, 0.1) is 11.1 Å². The second-order valence-corrected chi connectivity index (χ2v) is 7.44. The molecule has 2 heterocycles. The van der Waals surface area contributed by atoms with Crippen LogP contribution >= 0.6 is 11.3 Å². The van der Waals surface area contributed by atoms with Gasteiger partial charge >= 0.3 is 0 Å². The number of aryl methyl sites for hydroxylation is 1. The molecule has 1 saturated heterocycles. The molecule has 2 aromatic rings. The summed E-state index contributed by atoms with van der Waals surface area (Å²) in [6.07, 6.45) is 1.40. The first kappa shape index (κ1) is 18.0. The van der Waals surface area contributed by atoms with E-state index in [9.17, 15) is 9.90 Å². The molecule has 1 fully saturated rings. The Hall–Kier alpha value is -1.76. The predicted molar refractivity (Wildman–Crippen MR) is 99.7 cm³/mol. The maximum Gasteiger partial charge on any atom is 0.273 e. The van der Waals surface area contributed by atoms with E-state index in [0.29, 0.717) is 25.3 Å². The summed E-state index contributed by atoms with van der Waals surface area (Å²) < 4.78 is 0. The molecule has 0 spiro atoms. The van der Waals surface area contributed by atoms with Crippen molar-refractivity contribution in [3.63, 3.8) is 0 Å². The van der Waals surface area contributed by atoms with Gasteiger partial charge in [-0.1, -0.05) is 37.3 Å². The zero-order chi connectivity index (χ0) is 17.6. The Bertz CT molecular complexity index is 689. The lowest BCUT2D eigenvalue weighted by Crippen LogP contribution is -2.37. The molecular weight excluding hydrogens is 334 g/mol. The fourth-order valence-corrected chi connectivity index (χ4v) is 4.00. The largest absolute Gasteiger partial charge is 0.390 e. The number of carbonyl (C=O) groups is 1. The van der Waals surface area contributed by atoms with Gasteiger partial charge in [-0.05, 0) is 18.4 Å². The average molecular weight is 359 g/mol. The van der Waals surface area contributed by atoms with Crippen molar-refractivity contribution in [3.8, 4) is 0 Å². The Balaban J connectivity index is 1.62. The van der Waals surface area contributed by atoms with E-state index in [1.54, 1.807) is 16.2 Å². The second kappa shape index (κ2) is 8.56. The van der Waals surface area contributed by atoms with Crippen LogP contribution in [-0.2, 0) is 13.0 Å². The SMILES string of the molecule is CCCc1nc(C(=O)N2CCN(Cc3ccccc3)CC(O)C2)cs1. The van der Waals surface area contributed by atoms with E-state index in [2.05, 4.69) is 28.9 Å². The lowest BCUT2D eigenvalue weighted by molar-refractivity contribution is 0.0658. The summed E-state index contributed by atoms with van der Waals surface area (Å²) >= 11 is 1.54. The second-order valence-electron chi connectivity index (χ2n) is 6.50.